The first-order chi connectivity index (χ1) is 11.0. The number of amides is 1. The van der Waals surface area contributed by atoms with Gasteiger partial charge in [-0.3, -0.25) is 4.79 Å². The summed E-state index contributed by atoms with van der Waals surface area (Å²) in [6, 6.07) is 10.4. The van der Waals surface area contributed by atoms with Crippen LogP contribution in [0.25, 0.3) is 0 Å². The molecule has 1 amide bonds. The van der Waals surface area contributed by atoms with Crippen LogP contribution in [0.3, 0.4) is 0 Å². The summed E-state index contributed by atoms with van der Waals surface area (Å²) in [7, 11) is 0. The van der Waals surface area contributed by atoms with Crippen LogP contribution in [-0.4, -0.2) is 11.9 Å². The van der Waals surface area contributed by atoms with Crippen molar-refractivity contribution in [3.63, 3.8) is 0 Å². The van der Waals surface area contributed by atoms with Gasteiger partial charge in [-0.15, -0.1) is 0 Å². The third-order valence-corrected chi connectivity index (χ3v) is 3.73. The Kier molecular flexibility index (Phi) is 3.70. The Morgan fingerprint density at radius 3 is 2.74 bits per heavy atom. The molecule has 0 aliphatic carbocycles. The van der Waals surface area contributed by atoms with Crippen LogP contribution in [0, 0.1) is 23.0 Å². The van der Waals surface area contributed by atoms with Crippen molar-refractivity contribution in [2.24, 2.45) is 0 Å². The van der Waals surface area contributed by atoms with E-state index in [9.17, 15) is 13.6 Å². The maximum Gasteiger partial charge on any atom is 0.249 e. The molecule has 3 rings (SSSR count). The summed E-state index contributed by atoms with van der Waals surface area (Å²) in [6.07, 6.45) is 0. The Bertz CT molecular complexity index is 829. The van der Waals surface area contributed by atoms with Gasteiger partial charge >= 0.3 is 0 Å². The number of fused-ring (bicyclic) bond motifs is 1. The molecule has 0 fully saturated rings. The maximum atomic E-state index is 13.6. The molecule has 1 aliphatic heterocycles. The summed E-state index contributed by atoms with van der Waals surface area (Å²) in [4.78, 5) is 13.8. The standard InChI is InChI=1S/C17H13F2N3O/c1-10-17(23)22(9-12-4-2-3-11(5-12)8-20)16-7-14(19)13(18)6-15(16)21-10/h2-7,10,21H,9H2,1H3. The number of halogens is 2. The van der Waals surface area contributed by atoms with Crippen molar-refractivity contribution in [2.75, 3.05) is 10.2 Å². The zero-order valence-corrected chi connectivity index (χ0v) is 12.3. The summed E-state index contributed by atoms with van der Waals surface area (Å²) < 4.78 is 27.0. The van der Waals surface area contributed by atoms with Gasteiger partial charge < -0.3 is 10.2 Å². The Labute approximate surface area is 132 Å². The smallest absolute Gasteiger partial charge is 0.249 e. The zero-order valence-electron chi connectivity index (χ0n) is 12.3. The van der Waals surface area contributed by atoms with Gasteiger partial charge in [0.25, 0.3) is 0 Å². The minimum atomic E-state index is -1.01. The summed E-state index contributed by atoms with van der Waals surface area (Å²) in [5.41, 5.74) is 1.87. The van der Waals surface area contributed by atoms with Crippen LogP contribution in [-0.2, 0) is 11.3 Å². The second-order valence-electron chi connectivity index (χ2n) is 5.39. The lowest BCUT2D eigenvalue weighted by atomic mass is 10.1. The lowest BCUT2D eigenvalue weighted by Crippen LogP contribution is -2.45. The van der Waals surface area contributed by atoms with Crippen molar-refractivity contribution in [1.29, 1.82) is 5.26 Å². The molecule has 1 N–H and O–H groups in total. The van der Waals surface area contributed by atoms with Gasteiger partial charge in [-0.2, -0.15) is 5.26 Å². The van der Waals surface area contributed by atoms with E-state index in [2.05, 4.69) is 5.32 Å². The predicted molar refractivity (Wildman–Crippen MR) is 81.8 cm³/mol. The van der Waals surface area contributed by atoms with Crippen LogP contribution < -0.4 is 10.2 Å². The van der Waals surface area contributed by atoms with Gasteiger partial charge in [0.05, 0.1) is 29.6 Å². The van der Waals surface area contributed by atoms with Gasteiger partial charge in [-0.25, -0.2) is 8.78 Å². The quantitative estimate of drug-likeness (QED) is 0.926. The molecule has 0 spiro atoms. The largest absolute Gasteiger partial charge is 0.372 e. The van der Waals surface area contributed by atoms with Crippen molar-refractivity contribution >= 4 is 17.3 Å². The number of rotatable bonds is 2. The Hall–Kier alpha value is -2.94. The van der Waals surface area contributed by atoms with Crippen LogP contribution in [0.15, 0.2) is 36.4 Å². The molecule has 2 aromatic carbocycles. The van der Waals surface area contributed by atoms with E-state index in [0.717, 1.165) is 17.7 Å². The number of nitrogens with one attached hydrogen (secondary N) is 1. The van der Waals surface area contributed by atoms with Crippen LogP contribution in [0.5, 0.6) is 0 Å². The summed E-state index contributed by atoms with van der Waals surface area (Å²) in [5.74, 6) is -2.22. The SMILES string of the molecule is CC1Nc2cc(F)c(F)cc2N(Cc2cccc(C#N)c2)C1=O. The van der Waals surface area contributed by atoms with Gasteiger partial charge in [-0.05, 0) is 24.6 Å². The Morgan fingerprint density at radius 2 is 2.00 bits per heavy atom. The molecule has 116 valence electrons. The predicted octanol–water partition coefficient (Wildman–Crippen LogP) is 3.18. The molecule has 1 heterocycles. The van der Waals surface area contributed by atoms with E-state index in [-0.39, 0.29) is 18.1 Å². The van der Waals surface area contributed by atoms with Crippen molar-refractivity contribution in [2.45, 2.75) is 19.5 Å². The van der Waals surface area contributed by atoms with Gasteiger partial charge in [0.1, 0.15) is 6.04 Å². The number of carbonyl (C=O) groups is 1. The van der Waals surface area contributed by atoms with E-state index in [1.807, 2.05) is 6.07 Å². The molecule has 6 heteroatoms. The topological polar surface area (TPSA) is 56.1 Å². The van der Waals surface area contributed by atoms with Crippen LogP contribution in [0.1, 0.15) is 18.1 Å². The van der Waals surface area contributed by atoms with Crippen molar-refractivity contribution in [3.05, 3.63) is 59.2 Å². The van der Waals surface area contributed by atoms with E-state index in [1.54, 1.807) is 31.2 Å². The fourth-order valence-corrected chi connectivity index (χ4v) is 2.61. The molecule has 1 unspecified atom stereocenters. The van der Waals surface area contributed by atoms with Gasteiger partial charge in [-0.1, -0.05) is 12.1 Å². The molecule has 0 saturated carbocycles. The number of nitriles is 1. The average molecular weight is 313 g/mol. The van der Waals surface area contributed by atoms with E-state index < -0.39 is 17.7 Å². The highest BCUT2D eigenvalue weighted by molar-refractivity contribution is 6.04. The molecule has 0 aromatic heterocycles. The minimum absolute atomic E-state index is 0.179. The Balaban J connectivity index is 2.02. The lowest BCUT2D eigenvalue weighted by Gasteiger charge is -2.34. The van der Waals surface area contributed by atoms with E-state index >= 15 is 0 Å². The summed E-state index contributed by atoms with van der Waals surface area (Å²) in [6.45, 7) is 1.84. The number of benzene rings is 2. The minimum Gasteiger partial charge on any atom is -0.372 e. The Morgan fingerprint density at radius 1 is 1.26 bits per heavy atom. The monoisotopic (exact) mass is 313 g/mol. The first-order valence-electron chi connectivity index (χ1n) is 7.05. The number of carbonyl (C=O) groups excluding carboxylic acids is 1. The third kappa shape index (κ3) is 2.73. The molecule has 4 nitrogen and oxygen atoms in total. The molecule has 1 aliphatic rings. The van der Waals surface area contributed by atoms with Crippen LogP contribution >= 0.6 is 0 Å². The number of anilines is 2. The van der Waals surface area contributed by atoms with E-state index in [0.29, 0.717) is 11.3 Å². The number of nitrogens with zero attached hydrogens (tertiary/aromatic N) is 2. The normalized spacial score (nSPS) is 16.5. The summed E-state index contributed by atoms with van der Waals surface area (Å²) >= 11 is 0. The maximum absolute atomic E-state index is 13.6. The van der Waals surface area contributed by atoms with E-state index in [1.165, 1.54) is 4.90 Å². The third-order valence-electron chi connectivity index (χ3n) is 3.73. The lowest BCUT2D eigenvalue weighted by molar-refractivity contribution is -0.119. The fourth-order valence-electron chi connectivity index (χ4n) is 2.61. The first kappa shape index (κ1) is 15.0. The van der Waals surface area contributed by atoms with Crippen LogP contribution in [0.2, 0.25) is 0 Å². The molecule has 0 saturated heterocycles. The molecular formula is C17H13F2N3O. The number of hydrogen-bond acceptors (Lipinski definition) is 3. The fraction of sp³-hybridized carbons (Fsp3) is 0.176. The second kappa shape index (κ2) is 5.69. The highest BCUT2D eigenvalue weighted by Gasteiger charge is 2.30. The molecule has 0 radical (unpaired) electrons. The molecule has 2 aromatic rings. The molecule has 1 atom stereocenters. The van der Waals surface area contributed by atoms with Gasteiger partial charge in [0.15, 0.2) is 11.6 Å². The number of hydrogen-bond donors (Lipinski definition) is 1. The van der Waals surface area contributed by atoms with Crippen molar-refractivity contribution in [1.82, 2.24) is 0 Å². The van der Waals surface area contributed by atoms with Gasteiger partial charge in [0.2, 0.25) is 5.91 Å². The molecule has 0 bridgehead atoms. The summed E-state index contributed by atoms with van der Waals surface area (Å²) in [5, 5.41) is 11.8. The average Bonchev–Trinajstić information content (AvgIpc) is 2.54. The van der Waals surface area contributed by atoms with Crippen molar-refractivity contribution < 1.29 is 13.6 Å². The zero-order chi connectivity index (χ0) is 16.6. The van der Waals surface area contributed by atoms with Crippen LogP contribution in [0.4, 0.5) is 20.2 Å². The molecule has 23 heavy (non-hydrogen) atoms. The highest BCUT2D eigenvalue weighted by Crippen LogP contribution is 2.34. The molecular weight excluding hydrogens is 300 g/mol. The second-order valence-corrected chi connectivity index (χ2v) is 5.39. The highest BCUT2D eigenvalue weighted by atomic mass is 19.2. The first-order valence-corrected chi connectivity index (χ1v) is 7.05. The van der Waals surface area contributed by atoms with Crippen molar-refractivity contribution in [3.8, 4) is 6.07 Å². The van der Waals surface area contributed by atoms with Gasteiger partial charge in [0, 0.05) is 12.1 Å². The van der Waals surface area contributed by atoms with E-state index in [4.69, 9.17) is 5.26 Å².